The van der Waals surface area contributed by atoms with Gasteiger partial charge in [0.25, 0.3) is 5.91 Å². The third-order valence-corrected chi connectivity index (χ3v) is 4.66. The van der Waals surface area contributed by atoms with Crippen LogP contribution in [0.5, 0.6) is 0 Å². The Labute approximate surface area is 155 Å². The molecule has 0 radical (unpaired) electrons. The van der Waals surface area contributed by atoms with Crippen molar-refractivity contribution in [3.63, 3.8) is 0 Å². The summed E-state index contributed by atoms with van der Waals surface area (Å²) in [6.45, 7) is 2.50. The quantitative estimate of drug-likeness (QED) is 0.678. The number of hydrogen-bond acceptors (Lipinski definition) is 5. The Kier molecular flexibility index (Phi) is 5.66. The molecule has 0 aliphatic rings. The van der Waals surface area contributed by atoms with Crippen LogP contribution in [0.3, 0.4) is 0 Å². The summed E-state index contributed by atoms with van der Waals surface area (Å²) in [5.74, 6) is 0.462. The monoisotopic (exact) mass is 363 g/mol. The van der Waals surface area contributed by atoms with E-state index < -0.39 is 0 Å². The van der Waals surface area contributed by atoms with Crippen LogP contribution in [0.1, 0.15) is 21.6 Å². The van der Waals surface area contributed by atoms with Gasteiger partial charge < -0.3 is 5.32 Å². The van der Waals surface area contributed by atoms with E-state index >= 15 is 0 Å². The fraction of sp³-hybridized carbons (Fsp3) is 0.158. The van der Waals surface area contributed by atoms with E-state index in [9.17, 15) is 10.1 Å². The first-order valence-corrected chi connectivity index (χ1v) is 9.04. The van der Waals surface area contributed by atoms with Gasteiger partial charge in [0.05, 0.1) is 23.4 Å². The smallest absolute Gasteiger partial charge is 0.257 e. The van der Waals surface area contributed by atoms with Crippen molar-refractivity contribution < 1.29 is 4.79 Å². The Morgan fingerprint density at radius 2 is 2.12 bits per heavy atom. The molecule has 0 atom stereocenters. The Hall–Kier alpha value is -3.11. The third-order valence-electron chi connectivity index (χ3n) is 3.69. The van der Waals surface area contributed by atoms with Gasteiger partial charge in [0.1, 0.15) is 11.1 Å². The molecule has 3 rings (SSSR count). The van der Waals surface area contributed by atoms with Gasteiger partial charge in [-0.2, -0.15) is 10.4 Å². The lowest BCUT2D eigenvalue weighted by Gasteiger charge is -2.10. The van der Waals surface area contributed by atoms with E-state index in [1.54, 1.807) is 19.2 Å². The van der Waals surface area contributed by atoms with E-state index in [1.165, 1.54) is 11.8 Å². The molecule has 6 nitrogen and oxygen atoms in total. The maximum Gasteiger partial charge on any atom is 0.257 e. The molecule has 0 fully saturated rings. The number of pyridine rings is 1. The number of nitrogens with one attached hydrogen (secondary N) is 1. The average molecular weight is 363 g/mol. The minimum atomic E-state index is -0.272. The number of thioether (sulfide) groups is 1. The van der Waals surface area contributed by atoms with Crippen LogP contribution >= 0.6 is 11.8 Å². The van der Waals surface area contributed by atoms with Gasteiger partial charge >= 0.3 is 0 Å². The summed E-state index contributed by atoms with van der Waals surface area (Å²) in [6.07, 6.45) is 3.62. The molecule has 0 saturated heterocycles. The van der Waals surface area contributed by atoms with E-state index in [1.807, 2.05) is 47.3 Å². The molecule has 0 aliphatic heterocycles. The highest BCUT2D eigenvalue weighted by Crippen LogP contribution is 2.23. The van der Waals surface area contributed by atoms with E-state index in [-0.39, 0.29) is 5.91 Å². The number of benzene rings is 1. The first kappa shape index (κ1) is 17.7. The number of carbonyl (C=O) groups is 1. The molecule has 1 aromatic carbocycles. The average Bonchev–Trinajstić information content (AvgIpc) is 3.16. The summed E-state index contributed by atoms with van der Waals surface area (Å²) < 4.78 is 1.83. The molecule has 0 spiro atoms. The first-order valence-electron chi connectivity index (χ1n) is 8.06. The van der Waals surface area contributed by atoms with Crippen LogP contribution in [-0.2, 0) is 6.54 Å². The summed E-state index contributed by atoms with van der Waals surface area (Å²) in [7, 11) is 0. The van der Waals surface area contributed by atoms with Crippen molar-refractivity contribution in [1.82, 2.24) is 14.8 Å². The van der Waals surface area contributed by atoms with Crippen molar-refractivity contribution in [2.75, 3.05) is 11.1 Å². The number of rotatable bonds is 6. The zero-order valence-corrected chi connectivity index (χ0v) is 15.0. The van der Waals surface area contributed by atoms with Crippen molar-refractivity contribution >= 4 is 23.4 Å². The SMILES string of the molecule is Cc1nc(SCCn2cccn2)c(C#N)cc1C(=O)Nc1ccccc1. The van der Waals surface area contributed by atoms with Crippen molar-refractivity contribution in [2.24, 2.45) is 0 Å². The molecule has 1 N–H and O–H groups in total. The van der Waals surface area contributed by atoms with Crippen LogP contribution < -0.4 is 5.32 Å². The lowest BCUT2D eigenvalue weighted by molar-refractivity contribution is 0.102. The third kappa shape index (κ3) is 4.29. The maximum absolute atomic E-state index is 12.5. The van der Waals surface area contributed by atoms with Crippen molar-refractivity contribution in [3.05, 3.63) is 71.7 Å². The predicted octanol–water partition coefficient (Wildman–Crippen LogP) is 3.50. The lowest BCUT2D eigenvalue weighted by atomic mass is 10.1. The van der Waals surface area contributed by atoms with E-state index in [0.29, 0.717) is 27.5 Å². The fourth-order valence-electron chi connectivity index (χ4n) is 2.39. The highest BCUT2D eigenvalue weighted by Gasteiger charge is 2.15. The number of aryl methyl sites for hydroxylation is 2. The summed E-state index contributed by atoms with van der Waals surface area (Å²) in [5.41, 5.74) is 2.10. The maximum atomic E-state index is 12.5. The van der Waals surface area contributed by atoms with Gasteiger partial charge in [-0.15, -0.1) is 11.8 Å². The van der Waals surface area contributed by atoms with Gasteiger partial charge in [-0.25, -0.2) is 4.98 Å². The van der Waals surface area contributed by atoms with Crippen LogP contribution in [0.4, 0.5) is 5.69 Å². The van der Waals surface area contributed by atoms with Crippen molar-refractivity contribution in [2.45, 2.75) is 18.5 Å². The second-order valence-electron chi connectivity index (χ2n) is 5.52. The number of nitriles is 1. The summed E-state index contributed by atoms with van der Waals surface area (Å²) in [6, 6.07) is 14.8. The minimum absolute atomic E-state index is 0.272. The molecule has 130 valence electrons. The lowest BCUT2D eigenvalue weighted by Crippen LogP contribution is -2.15. The Morgan fingerprint density at radius 3 is 2.81 bits per heavy atom. The molecule has 26 heavy (non-hydrogen) atoms. The molecule has 0 unspecified atom stereocenters. The molecule has 2 heterocycles. The molecule has 1 amide bonds. The predicted molar refractivity (Wildman–Crippen MR) is 101 cm³/mol. The number of aromatic nitrogens is 3. The molecule has 3 aromatic rings. The fourth-order valence-corrected chi connectivity index (χ4v) is 3.32. The molecular formula is C19H17N5OS. The molecule has 2 aromatic heterocycles. The van der Waals surface area contributed by atoms with E-state index in [4.69, 9.17) is 0 Å². The summed E-state index contributed by atoms with van der Waals surface area (Å²) in [4.78, 5) is 17.0. The zero-order chi connectivity index (χ0) is 18.4. The van der Waals surface area contributed by atoms with Gasteiger partial charge in [0, 0.05) is 23.8 Å². The minimum Gasteiger partial charge on any atom is -0.322 e. The Bertz CT molecular complexity index is 933. The first-order chi connectivity index (χ1) is 12.7. The normalized spacial score (nSPS) is 10.3. The van der Waals surface area contributed by atoms with Gasteiger partial charge in [0.2, 0.25) is 0 Å². The van der Waals surface area contributed by atoms with Crippen molar-refractivity contribution in [3.8, 4) is 6.07 Å². The number of anilines is 1. The highest BCUT2D eigenvalue weighted by molar-refractivity contribution is 7.99. The molecule has 0 aliphatic carbocycles. The standard InChI is InChI=1S/C19H17N5OS/c1-14-17(18(25)23-16-6-3-2-4-7-16)12-15(13-20)19(22-14)26-11-10-24-9-5-8-21-24/h2-9,12H,10-11H2,1H3,(H,23,25). The van der Waals surface area contributed by atoms with Gasteiger partial charge in [-0.3, -0.25) is 9.48 Å². The molecule has 0 bridgehead atoms. The number of amides is 1. The molecule has 0 saturated carbocycles. The number of nitrogens with zero attached hydrogens (tertiary/aromatic N) is 4. The zero-order valence-electron chi connectivity index (χ0n) is 14.2. The number of carbonyl (C=O) groups excluding carboxylic acids is 1. The number of para-hydroxylation sites is 1. The molecule has 7 heteroatoms. The van der Waals surface area contributed by atoms with Crippen LogP contribution in [0.25, 0.3) is 0 Å². The van der Waals surface area contributed by atoms with Gasteiger partial charge in [-0.05, 0) is 31.2 Å². The van der Waals surface area contributed by atoms with Gasteiger partial charge in [-0.1, -0.05) is 18.2 Å². The van der Waals surface area contributed by atoms with E-state index in [2.05, 4.69) is 21.5 Å². The molecular weight excluding hydrogens is 346 g/mol. The second-order valence-corrected chi connectivity index (χ2v) is 6.61. The van der Waals surface area contributed by atoms with E-state index in [0.717, 1.165) is 12.3 Å². The van der Waals surface area contributed by atoms with Crippen LogP contribution in [0, 0.1) is 18.3 Å². The Balaban J connectivity index is 1.74. The number of hydrogen-bond donors (Lipinski definition) is 1. The van der Waals surface area contributed by atoms with Crippen LogP contribution in [0.15, 0.2) is 59.9 Å². The largest absolute Gasteiger partial charge is 0.322 e. The summed E-state index contributed by atoms with van der Waals surface area (Å²) in [5, 5.41) is 17.0. The van der Waals surface area contributed by atoms with Crippen molar-refractivity contribution in [1.29, 1.82) is 5.26 Å². The topological polar surface area (TPSA) is 83.6 Å². The summed E-state index contributed by atoms with van der Waals surface area (Å²) >= 11 is 1.48. The second kappa shape index (κ2) is 8.32. The Morgan fingerprint density at radius 1 is 1.31 bits per heavy atom. The van der Waals surface area contributed by atoms with Crippen LogP contribution in [0.2, 0.25) is 0 Å². The van der Waals surface area contributed by atoms with Gasteiger partial charge in [0.15, 0.2) is 0 Å². The van der Waals surface area contributed by atoms with Crippen LogP contribution in [-0.4, -0.2) is 26.4 Å². The highest BCUT2D eigenvalue weighted by atomic mass is 32.2.